The second kappa shape index (κ2) is 8.49. The summed E-state index contributed by atoms with van der Waals surface area (Å²) in [4.78, 5) is 44.3. The van der Waals surface area contributed by atoms with E-state index in [2.05, 4.69) is 15.4 Å². The molecule has 0 atom stereocenters. The van der Waals surface area contributed by atoms with Crippen LogP contribution in [-0.2, 0) is 19.1 Å². The van der Waals surface area contributed by atoms with Crippen molar-refractivity contribution in [2.75, 3.05) is 31.4 Å². The minimum Gasteiger partial charge on any atom is -0.464 e. The fraction of sp³-hybridized carbons (Fsp3) is 0.500. The van der Waals surface area contributed by atoms with E-state index in [0.717, 1.165) is 5.69 Å². The molecule has 0 unspecified atom stereocenters. The van der Waals surface area contributed by atoms with E-state index >= 15 is 0 Å². The highest BCUT2D eigenvalue weighted by molar-refractivity contribution is 6.81. The molecule has 9 nitrogen and oxygen atoms in total. The van der Waals surface area contributed by atoms with Crippen molar-refractivity contribution in [1.29, 1.82) is 0 Å². The number of methoxy groups -OCH3 is 1. The van der Waals surface area contributed by atoms with Gasteiger partial charge in [-0.25, -0.2) is 14.8 Å². The van der Waals surface area contributed by atoms with Gasteiger partial charge in [-0.05, 0) is 39.0 Å². The number of ether oxygens (including phenoxy) is 1. The van der Waals surface area contributed by atoms with Gasteiger partial charge in [-0.15, -0.1) is 0 Å². The molecule has 0 bridgehead atoms. The smallest absolute Gasteiger partial charge is 0.361 e. The Morgan fingerprint density at radius 3 is 2.23 bits per heavy atom. The maximum atomic E-state index is 13.0. The number of hydrogen-bond donors (Lipinski definition) is 1. The average Bonchev–Trinajstić information content (AvgIpc) is 2.98. The number of carbonyl (C=O) groups is 3. The number of carbonyl (C=O) groups excluding carboxylic acids is 3. The van der Waals surface area contributed by atoms with Gasteiger partial charge in [0.2, 0.25) is 5.91 Å². The van der Waals surface area contributed by atoms with Gasteiger partial charge >= 0.3 is 5.97 Å². The van der Waals surface area contributed by atoms with Crippen molar-refractivity contribution in [3.8, 4) is 0 Å². The lowest BCUT2D eigenvalue weighted by Crippen LogP contribution is -2.41. The van der Waals surface area contributed by atoms with Crippen molar-refractivity contribution in [1.82, 2.24) is 5.01 Å². The molecule has 168 valence electrons. The zero-order chi connectivity index (χ0) is 23.7. The summed E-state index contributed by atoms with van der Waals surface area (Å²) in [5, 5.41) is 8.25. The molecule has 1 heterocycles. The van der Waals surface area contributed by atoms with E-state index in [0.29, 0.717) is 11.4 Å². The molecule has 2 rings (SSSR count). The van der Waals surface area contributed by atoms with Crippen molar-refractivity contribution in [3.05, 3.63) is 18.2 Å². The molecule has 31 heavy (non-hydrogen) atoms. The zero-order valence-electron chi connectivity index (χ0n) is 19.7. The number of rotatable bonds is 4. The van der Waals surface area contributed by atoms with Crippen LogP contribution in [0.1, 0.15) is 41.5 Å². The zero-order valence-corrected chi connectivity index (χ0v) is 19.7. The third kappa shape index (κ3) is 5.28. The Balaban J connectivity index is 2.63. The van der Waals surface area contributed by atoms with E-state index in [1.165, 1.54) is 12.1 Å². The topological polar surface area (TPSA) is 104 Å². The monoisotopic (exact) mass is 429 g/mol. The second-order valence-electron chi connectivity index (χ2n) is 9.49. The first-order valence-electron chi connectivity index (χ1n) is 9.90. The van der Waals surface area contributed by atoms with Crippen LogP contribution < -0.4 is 10.2 Å². The fourth-order valence-electron chi connectivity index (χ4n) is 2.61. The highest BCUT2D eigenvalue weighted by Crippen LogP contribution is 2.32. The number of nitrogens with zero attached hydrogens (tertiary/aromatic N) is 4. The van der Waals surface area contributed by atoms with Crippen molar-refractivity contribution in [2.24, 2.45) is 15.5 Å². The first kappa shape index (κ1) is 24.0. The van der Waals surface area contributed by atoms with Crippen LogP contribution in [0, 0.1) is 5.41 Å². The van der Waals surface area contributed by atoms with Gasteiger partial charge in [-0.1, -0.05) is 20.8 Å². The third-order valence-electron chi connectivity index (χ3n) is 4.49. The third-order valence-corrected chi connectivity index (χ3v) is 4.49. The van der Waals surface area contributed by atoms with Crippen LogP contribution in [0.4, 0.5) is 17.1 Å². The van der Waals surface area contributed by atoms with Crippen molar-refractivity contribution in [3.63, 3.8) is 0 Å². The van der Waals surface area contributed by atoms with Crippen LogP contribution in [0.5, 0.6) is 0 Å². The van der Waals surface area contributed by atoms with Crippen LogP contribution in [0.25, 0.3) is 0 Å². The van der Waals surface area contributed by atoms with E-state index in [1.54, 1.807) is 53.7 Å². The Morgan fingerprint density at radius 1 is 1.13 bits per heavy atom. The van der Waals surface area contributed by atoms with Gasteiger partial charge < -0.3 is 15.0 Å². The van der Waals surface area contributed by atoms with Gasteiger partial charge in [-0.2, -0.15) is 5.10 Å². The summed E-state index contributed by atoms with van der Waals surface area (Å²) in [5.74, 6) is -1.48. The van der Waals surface area contributed by atoms with Gasteiger partial charge in [0.15, 0.2) is 11.4 Å². The number of amides is 2. The molecule has 2 amide bonds. The molecule has 1 aliphatic heterocycles. The molecule has 9 heteroatoms. The van der Waals surface area contributed by atoms with Gasteiger partial charge in [0.25, 0.3) is 5.91 Å². The lowest BCUT2D eigenvalue weighted by molar-refractivity contribution is -0.132. The summed E-state index contributed by atoms with van der Waals surface area (Å²) in [7, 11) is 4.97. The molecular formula is C22H31N5O4. The van der Waals surface area contributed by atoms with Crippen LogP contribution >= 0.6 is 0 Å². The van der Waals surface area contributed by atoms with Gasteiger partial charge in [0.05, 0.1) is 24.0 Å². The number of esters is 1. The summed E-state index contributed by atoms with van der Waals surface area (Å²) in [6.45, 7) is 10.8. The van der Waals surface area contributed by atoms with Crippen molar-refractivity contribution < 1.29 is 19.1 Å². The van der Waals surface area contributed by atoms with Crippen LogP contribution in [0.2, 0.25) is 0 Å². The Bertz CT molecular complexity index is 965. The van der Waals surface area contributed by atoms with Crippen LogP contribution in [0.3, 0.4) is 0 Å². The van der Waals surface area contributed by atoms with Crippen molar-refractivity contribution >= 4 is 46.3 Å². The minimum atomic E-state index is -0.760. The number of hydrazone groups is 1. The van der Waals surface area contributed by atoms with Gasteiger partial charge in [0.1, 0.15) is 0 Å². The van der Waals surface area contributed by atoms with Crippen LogP contribution in [-0.4, -0.2) is 61.0 Å². The second-order valence-corrected chi connectivity index (χ2v) is 9.49. The normalized spacial score (nSPS) is 15.8. The molecular weight excluding hydrogens is 398 g/mol. The van der Waals surface area contributed by atoms with Crippen molar-refractivity contribution in [2.45, 2.75) is 47.1 Å². The summed E-state index contributed by atoms with van der Waals surface area (Å²) < 4.78 is 4.80. The van der Waals surface area contributed by atoms with E-state index < -0.39 is 22.8 Å². The number of aliphatic imine (C=N–C) groups is 1. The van der Waals surface area contributed by atoms with E-state index in [4.69, 9.17) is 4.74 Å². The molecule has 0 aromatic heterocycles. The first-order valence-corrected chi connectivity index (χ1v) is 9.90. The highest BCUT2D eigenvalue weighted by atomic mass is 16.5. The SMILES string of the molecule is COC(=O)C1=NN(C(C)(C)C)C(=O)/C1=N\c1ccc(N(C)C)cc1NC(=O)C(C)(C)C. The molecule has 1 aliphatic rings. The standard InChI is InChI=1S/C22H31N5O4/c1-21(2,3)20(30)24-15-12-13(26(7)8)10-11-14(15)23-16-17(19(29)31-9)25-27(18(16)28)22(4,5)6/h10-12H,1-9H3,(H,24,30)/b23-16-. The Morgan fingerprint density at radius 2 is 1.74 bits per heavy atom. The lowest BCUT2D eigenvalue weighted by Gasteiger charge is -2.27. The van der Waals surface area contributed by atoms with E-state index in [-0.39, 0.29) is 17.3 Å². The maximum absolute atomic E-state index is 13.0. The molecule has 1 aromatic carbocycles. The molecule has 0 spiro atoms. The summed E-state index contributed by atoms with van der Waals surface area (Å²) in [5.41, 5.74) is -0.0135. The van der Waals surface area contributed by atoms with Gasteiger partial charge in [0, 0.05) is 25.2 Å². The predicted molar refractivity (Wildman–Crippen MR) is 122 cm³/mol. The van der Waals surface area contributed by atoms with Gasteiger partial charge in [-0.3, -0.25) is 9.59 Å². The average molecular weight is 430 g/mol. The number of hydrogen-bond acceptors (Lipinski definition) is 7. The number of anilines is 2. The minimum absolute atomic E-state index is 0.134. The first-order chi connectivity index (χ1) is 14.2. The van der Waals surface area contributed by atoms with E-state index in [9.17, 15) is 14.4 Å². The highest BCUT2D eigenvalue weighted by Gasteiger charge is 2.41. The molecule has 1 aromatic rings. The molecule has 0 aliphatic carbocycles. The van der Waals surface area contributed by atoms with Crippen LogP contribution in [0.15, 0.2) is 28.3 Å². The lowest BCUT2D eigenvalue weighted by atomic mass is 9.95. The summed E-state index contributed by atoms with van der Waals surface area (Å²) in [6.07, 6.45) is 0. The maximum Gasteiger partial charge on any atom is 0.361 e. The largest absolute Gasteiger partial charge is 0.464 e. The number of benzene rings is 1. The van der Waals surface area contributed by atoms with E-state index in [1.807, 2.05) is 25.1 Å². The fourth-order valence-corrected chi connectivity index (χ4v) is 2.61. The Kier molecular flexibility index (Phi) is 6.58. The summed E-state index contributed by atoms with van der Waals surface area (Å²) in [6, 6.07) is 5.25. The quantitative estimate of drug-likeness (QED) is 0.741. The molecule has 0 saturated heterocycles. The summed E-state index contributed by atoms with van der Waals surface area (Å²) >= 11 is 0. The molecule has 0 fully saturated rings. The Labute approximate surface area is 183 Å². The number of nitrogens with one attached hydrogen (secondary N) is 1. The molecule has 1 N–H and O–H groups in total. The predicted octanol–water partition coefficient (Wildman–Crippen LogP) is 2.98. The molecule has 0 saturated carbocycles. The molecule has 0 radical (unpaired) electrons. The Hall–Kier alpha value is -3.23.